The van der Waals surface area contributed by atoms with E-state index in [0.29, 0.717) is 23.8 Å². The SMILES string of the molecule is COC1=CC(N2CC3(CCCN3C)C2)=C(N)CC1(N)c1ncnc(-c2cccc3cc[nH]c23)n1. The number of para-hydroxylation sites is 1. The summed E-state index contributed by atoms with van der Waals surface area (Å²) < 4.78 is 5.80. The van der Waals surface area contributed by atoms with E-state index < -0.39 is 5.54 Å². The first kappa shape index (κ1) is 21.1. The van der Waals surface area contributed by atoms with Crippen LogP contribution in [0.15, 0.2) is 60.0 Å². The molecule has 0 amide bonds. The van der Waals surface area contributed by atoms with E-state index >= 15 is 0 Å². The van der Waals surface area contributed by atoms with Crippen molar-refractivity contribution in [3.05, 3.63) is 65.8 Å². The minimum atomic E-state index is -1.07. The number of nitrogens with two attached hydrogens (primary N) is 2. The van der Waals surface area contributed by atoms with Crippen LogP contribution in [0.5, 0.6) is 0 Å². The van der Waals surface area contributed by atoms with Crippen molar-refractivity contribution >= 4 is 10.9 Å². The third-order valence-electron chi connectivity index (χ3n) is 7.78. The second-order valence-electron chi connectivity index (χ2n) is 9.76. The summed E-state index contributed by atoms with van der Waals surface area (Å²) in [5.74, 6) is 1.60. The van der Waals surface area contributed by atoms with Gasteiger partial charge in [0.15, 0.2) is 11.6 Å². The van der Waals surface area contributed by atoms with E-state index in [4.69, 9.17) is 21.2 Å². The molecule has 2 aromatic heterocycles. The van der Waals surface area contributed by atoms with Crippen molar-refractivity contribution in [1.82, 2.24) is 29.7 Å². The van der Waals surface area contributed by atoms with Gasteiger partial charge >= 0.3 is 0 Å². The molecule has 1 aromatic carbocycles. The first-order valence-electron chi connectivity index (χ1n) is 11.7. The highest BCUT2D eigenvalue weighted by atomic mass is 16.5. The Morgan fingerprint density at radius 1 is 1.18 bits per heavy atom. The molecule has 1 aliphatic carbocycles. The average molecular weight is 459 g/mol. The Labute approximate surface area is 198 Å². The van der Waals surface area contributed by atoms with Gasteiger partial charge in [0.05, 0.1) is 23.9 Å². The van der Waals surface area contributed by atoms with E-state index in [-0.39, 0.29) is 5.54 Å². The Bertz CT molecular complexity index is 1320. The molecule has 4 heterocycles. The molecule has 5 N–H and O–H groups in total. The third-order valence-corrected chi connectivity index (χ3v) is 7.78. The fraction of sp³-hybridized carbons (Fsp3) is 0.400. The highest BCUT2D eigenvalue weighted by Gasteiger charge is 2.50. The van der Waals surface area contributed by atoms with Gasteiger partial charge < -0.3 is 26.1 Å². The summed E-state index contributed by atoms with van der Waals surface area (Å²) in [5, 5.41) is 1.09. The van der Waals surface area contributed by atoms with Crippen LogP contribution in [0.25, 0.3) is 22.3 Å². The van der Waals surface area contributed by atoms with E-state index in [0.717, 1.165) is 47.5 Å². The molecule has 9 nitrogen and oxygen atoms in total. The number of fused-ring (bicyclic) bond motifs is 1. The number of aromatic amines is 1. The molecular formula is C25H30N8O. The molecule has 9 heteroatoms. The van der Waals surface area contributed by atoms with Gasteiger partial charge in [-0.1, -0.05) is 12.1 Å². The molecule has 0 radical (unpaired) electrons. The lowest BCUT2D eigenvalue weighted by molar-refractivity contribution is 0.00674. The van der Waals surface area contributed by atoms with Crippen molar-refractivity contribution in [2.45, 2.75) is 30.3 Å². The van der Waals surface area contributed by atoms with Crippen LogP contribution >= 0.6 is 0 Å². The number of H-pyrrole nitrogens is 1. The molecule has 34 heavy (non-hydrogen) atoms. The Morgan fingerprint density at radius 2 is 2.03 bits per heavy atom. The highest BCUT2D eigenvalue weighted by molar-refractivity contribution is 5.92. The van der Waals surface area contributed by atoms with Crippen LogP contribution in [-0.2, 0) is 10.3 Å². The molecule has 1 atom stereocenters. The van der Waals surface area contributed by atoms with Crippen LogP contribution in [0.1, 0.15) is 25.1 Å². The molecule has 2 aliphatic heterocycles. The lowest BCUT2D eigenvalue weighted by Gasteiger charge is -2.54. The maximum Gasteiger partial charge on any atom is 0.165 e. The second-order valence-corrected chi connectivity index (χ2v) is 9.76. The number of likely N-dealkylation sites (tertiary alicyclic amines) is 2. The van der Waals surface area contributed by atoms with Crippen LogP contribution in [0, 0.1) is 0 Å². The van der Waals surface area contributed by atoms with E-state index in [1.165, 1.54) is 19.2 Å². The second kappa shape index (κ2) is 7.54. The summed E-state index contributed by atoms with van der Waals surface area (Å²) in [6.45, 7) is 3.10. The van der Waals surface area contributed by atoms with Crippen LogP contribution in [0.2, 0.25) is 0 Å². The molecule has 2 fully saturated rings. The molecule has 0 saturated carbocycles. The summed E-state index contributed by atoms with van der Waals surface area (Å²) in [4.78, 5) is 21.8. The van der Waals surface area contributed by atoms with E-state index in [2.05, 4.69) is 31.8 Å². The minimum Gasteiger partial charge on any atom is -0.499 e. The summed E-state index contributed by atoms with van der Waals surface area (Å²) >= 11 is 0. The van der Waals surface area contributed by atoms with Crippen molar-refractivity contribution in [3.63, 3.8) is 0 Å². The molecule has 3 aliphatic rings. The first-order valence-corrected chi connectivity index (χ1v) is 11.7. The number of ether oxygens (including phenoxy) is 1. The third kappa shape index (κ3) is 3.04. The summed E-state index contributed by atoms with van der Waals surface area (Å²) in [5.41, 5.74) is 16.3. The summed E-state index contributed by atoms with van der Waals surface area (Å²) in [6, 6.07) is 8.05. The van der Waals surface area contributed by atoms with Crippen molar-refractivity contribution in [2.24, 2.45) is 11.5 Å². The molecule has 176 valence electrons. The van der Waals surface area contributed by atoms with Crippen molar-refractivity contribution in [3.8, 4) is 11.4 Å². The Balaban J connectivity index is 1.33. The zero-order valence-corrected chi connectivity index (χ0v) is 19.6. The Kier molecular flexibility index (Phi) is 4.69. The minimum absolute atomic E-state index is 0.271. The van der Waals surface area contributed by atoms with Gasteiger partial charge in [0.2, 0.25) is 0 Å². The zero-order valence-electron chi connectivity index (χ0n) is 19.6. The Hall–Kier alpha value is -3.43. The highest BCUT2D eigenvalue weighted by Crippen LogP contribution is 2.43. The van der Waals surface area contributed by atoms with E-state index in [1.807, 2.05) is 36.5 Å². The van der Waals surface area contributed by atoms with Crippen molar-refractivity contribution < 1.29 is 4.74 Å². The number of likely N-dealkylation sites (N-methyl/N-ethyl adjacent to an activating group) is 1. The number of hydrogen-bond donors (Lipinski definition) is 3. The number of rotatable bonds is 4. The number of nitrogens with zero attached hydrogens (tertiary/aromatic N) is 5. The first-order chi connectivity index (χ1) is 16.4. The van der Waals surface area contributed by atoms with Gasteiger partial charge in [-0.25, -0.2) is 15.0 Å². The maximum atomic E-state index is 6.93. The smallest absolute Gasteiger partial charge is 0.165 e. The fourth-order valence-corrected chi connectivity index (χ4v) is 5.77. The Morgan fingerprint density at radius 3 is 2.79 bits per heavy atom. The molecule has 1 spiro atoms. The number of methoxy groups -OCH3 is 1. The molecule has 6 rings (SSSR count). The summed E-state index contributed by atoms with van der Waals surface area (Å²) in [7, 11) is 3.85. The quantitative estimate of drug-likeness (QED) is 0.543. The lowest BCUT2D eigenvalue weighted by Crippen LogP contribution is -2.66. The standard InChI is InChI=1S/C25H30N8O/c1-32-10-4-8-24(32)13-33(14-24)19-11-20(34-2)25(27,12-18(19)26)23-30-15-29-22(31-23)17-6-3-5-16-7-9-28-21(16)17/h3,5-7,9,11,15,28H,4,8,10,12-14,26-27H2,1-2H3. The number of hydrogen-bond acceptors (Lipinski definition) is 8. The topological polar surface area (TPSA) is 122 Å². The normalized spacial score (nSPS) is 24.6. The van der Waals surface area contributed by atoms with Gasteiger partial charge in [-0.15, -0.1) is 0 Å². The maximum absolute atomic E-state index is 6.93. The predicted octanol–water partition coefficient (Wildman–Crippen LogP) is 2.06. The monoisotopic (exact) mass is 458 g/mol. The van der Waals surface area contributed by atoms with Crippen LogP contribution in [0.4, 0.5) is 0 Å². The van der Waals surface area contributed by atoms with Gasteiger partial charge in [-0.3, -0.25) is 4.90 Å². The fourth-order valence-electron chi connectivity index (χ4n) is 5.77. The van der Waals surface area contributed by atoms with Gasteiger partial charge in [-0.2, -0.15) is 0 Å². The van der Waals surface area contributed by atoms with Crippen molar-refractivity contribution in [2.75, 3.05) is 33.8 Å². The molecular weight excluding hydrogens is 428 g/mol. The molecule has 0 bridgehead atoms. The van der Waals surface area contributed by atoms with Crippen LogP contribution in [0.3, 0.4) is 0 Å². The van der Waals surface area contributed by atoms with E-state index in [9.17, 15) is 0 Å². The van der Waals surface area contributed by atoms with E-state index in [1.54, 1.807) is 7.11 Å². The van der Waals surface area contributed by atoms with Crippen LogP contribution < -0.4 is 11.5 Å². The molecule has 1 unspecified atom stereocenters. The lowest BCUT2D eigenvalue weighted by atomic mass is 9.82. The number of allylic oxidation sites excluding steroid dienone is 1. The summed E-state index contributed by atoms with van der Waals surface area (Å²) in [6.07, 6.45) is 8.24. The number of aromatic nitrogens is 4. The van der Waals surface area contributed by atoms with Gasteiger partial charge in [0.25, 0.3) is 0 Å². The zero-order chi connectivity index (χ0) is 23.5. The van der Waals surface area contributed by atoms with Gasteiger partial charge in [-0.05, 0) is 38.6 Å². The molecule has 2 saturated heterocycles. The largest absolute Gasteiger partial charge is 0.499 e. The van der Waals surface area contributed by atoms with Gasteiger partial charge in [0, 0.05) is 48.4 Å². The average Bonchev–Trinajstić information content (AvgIpc) is 3.45. The molecule has 3 aromatic rings. The van der Waals surface area contributed by atoms with Gasteiger partial charge in [0.1, 0.15) is 17.6 Å². The predicted molar refractivity (Wildman–Crippen MR) is 130 cm³/mol. The number of benzene rings is 1. The van der Waals surface area contributed by atoms with Crippen molar-refractivity contribution in [1.29, 1.82) is 0 Å². The van der Waals surface area contributed by atoms with Crippen LogP contribution in [-0.4, -0.2) is 69.1 Å². The number of nitrogens with one attached hydrogen (secondary N) is 1.